The van der Waals surface area contributed by atoms with Gasteiger partial charge in [0.05, 0.1) is 55.3 Å². The third-order valence-corrected chi connectivity index (χ3v) is 16.6. The molecule has 0 bridgehead atoms. The fourth-order valence-electron chi connectivity index (χ4n) is 11.3. The molecule has 6 heterocycles. The van der Waals surface area contributed by atoms with Crippen molar-refractivity contribution in [3.8, 4) is 39.9 Å². The molecule has 0 fully saturated rings. The predicted octanol–water partition coefficient (Wildman–Crippen LogP) is 15.6. The summed E-state index contributed by atoms with van der Waals surface area (Å²) in [5.41, 5.74) is 16.2. The van der Waals surface area contributed by atoms with Gasteiger partial charge in [-0.25, -0.2) is 15.0 Å². The molecule has 0 amide bonds. The molecule has 4 aromatic heterocycles. The van der Waals surface area contributed by atoms with Crippen molar-refractivity contribution < 1.29 is 0 Å². The van der Waals surface area contributed by atoms with Crippen LogP contribution in [0.2, 0.25) is 0 Å². The Morgan fingerprint density at radius 3 is 1.93 bits per heavy atom. The Morgan fingerprint density at radius 1 is 0.406 bits per heavy atom. The Hall–Kier alpha value is -8.30. The number of nitrogens with zero attached hydrogens (tertiary/aromatic N) is 6. The summed E-state index contributed by atoms with van der Waals surface area (Å²) in [6.07, 6.45) is 1.89. The number of pyridine rings is 2. The van der Waals surface area contributed by atoms with Gasteiger partial charge in [0, 0.05) is 54.0 Å². The first-order valence-electron chi connectivity index (χ1n) is 23.1. The molecule has 3 aliphatic rings. The van der Waals surface area contributed by atoms with Crippen LogP contribution in [0.25, 0.3) is 72.6 Å². The number of fused-ring (bicyclic) bond motifs is 16. The lowest BCUT2D eigenvalue weighted by Crippen LogP contribution is -2.32. The van der Waals surface area contributed by atoms with Gasteiger partial charge >= 0.3 is 0 Å². The van der Waals surface area contributed by atoms with Crippen molar-refractivity contribution in [2.24, 2.45) is 0 Å². The Morgan fingerprint density at radius 2 is 1.07 bits per heavy atom. The highest BCUT2D eigenvalue weighted by Crippen LogP contribution is 2.65. The lowest BCUT2D eigenvalue weighted by atomic mass is 9.67. The second-order valence-corrected chi connectivity index (χ2v) is 19.8. The topological polar surface area (TPSA) is 59.7 Å². The average Bonchev–Trinajstić information content (AvgIpc) is 3.91. The van der Waals surface area contributed by atoms with E-state index in [1.54, 1.807) is 0 Å². The minimum absolute atomic E-state index is 0.584. The fraction of sp³-hybridized carbons (Fsp3) is 0.0164. The Labute approximate surface area is 406 Å². The molecule has 12 aromatic rings. The molecule has 15 rings (SSSR count). The van der Waals surface area contributed by atoms with Crippen LogP contribution in [0.1, 0.15) is 22.3 Å². The summed E-state index contributed by atoms with van der Waals surface area (Å²) in [7, 11) is 0. The number of anilines is 3. The zero-order valence-electron chi connectivity index (χ0n) is 36.8. The van der Waals surface area contributed by atoms with E-state index in [0.29, 0.717) is 11.5 Å². The summed E-state index contributed by atoms with van der Waals surface area (Å²) < 4.78 is 2.40. The van der Waals surface area contributed by atoms with E-state index < -0.39 is 5.41 Å². The molecule has 8 heteroatoms. The van der Waals surface area contributed by atoms with Gasteiger partial charge in [0.2, 0.25) is 0 Å². The van der Waals surface area contributed by atoms with E-state index in [0.717, 1.165) is 67.4 Å². The maximum absolute atomic E-state index is 5.53. The van der Waals surface area contributed by atoms with Crippen molar-refractivity contribution in [2.75, 3.05) is 4.90 Å². The number of hydrogen-bond donors (Lipinski definition) is 0. The van der Waals surface area contributed by atoms with Crippen molar-refractivity contribution >= 4 is 73.3 Å². The minimum atomic E-state index is -0.686. The predicted molar refractivity (Wildman–Crippen MR) is 281 cm³/mol. The summed E-state index contributed by atoms with van der Waals surface area (Å²) in [6, 6.07) is 76.2. The van der Waals surface area contributed by atoms with E-state index in [9.17, 15) is 0 Å². The quantitative estimate of drug-likeness (QED) is 0.174. The smallest absolute Gasteiger partial charge is 0.179 e. The van der Waals surface area contributed by atoms with Gasteiger partial charge in [0.15, 0.2) is 5.82 Å². The number of rotatable bonds is 4. The molecule has 322 valence electrons. The lowest BCUT2D eigenvalue weighted by Gasteiger charge is -2.42. The van der Waals surface area contributed by atoms with Crippen LogP contribution in [0, 0.1) is 0 Å². The van der Waals surface area contributed by atoms with Crippen LogP contribution in [0.4, 0.5) is 17.1 Å². The van der Waals surface area contributed by atoms with E-state index in [1.165, 1.54) is 52.5 Å². The molecule has 8 aromatic carbocycles. The highest BCUT2D eigenvalue weighted by atomic mass is 32.2. The molecule has 6 nitrogen and oxygen atoms in total. The van der Waals surface area contributed by atoms with Crippen LogP contribution in [0.15, 0.2) is 238 Å². The highest BCUT2D eigenvalue weighted by molar-refractivity contribution is 8.02. The van der Waals surface area contributed by atoms with Gasteiger partial charge in [0.25, 0.3) is 0 Å². The van der Waals surface area contributed by atoms with E-state index in [1.807, 2.05) is 47.9 Å². The minimum Gasteiger partial charge on any atom is -0.309 e. The van der Waals surface area contributed by atoms with Gasteiger partial charge in [-0.1, -0.05) is 163 Å². The van der Waals surface area contributed by atoms with Crippen LogP contribution in [0.3, 0.4) is 0 Å². The molecule has 1 aliphatic carbocycles. The SMILES string of the molecule is c1ccc(-c2nc(-c3ccc4c(n3)-c3ncccc3C43c4ccccc4Sc4c3ccc3c4Sc4ccccc4N3c3cccc(-n4c5ccccc5c5ccccc54)c3)nc3ccccc23)cc1. The van der Waals surface area contributed by atoms with E-state index in [2.05, 4.69) is 204 Å². The van der Waals surface area contributed by atoms with Gasteiger partial charge in [-0.3, -0.25) is 4.98 Å². The molecular formula is C61H36N6S2. The third-order valence-electron chi connectivity index (χ3n) is 14.1. The summed E-state index contributed by atoms with van der Waals surface area (Å²) >= 11 is 3.74. The van der Waals surface area contributed by atoms with Crippen LogP contribution >= 0.6 is 23.5 Å². The van der Waals surface area contributed by atoms with E-state index >= 15 is 0 Å². The third kappa shape index (κ3) is 5.52. The first-order chi connectivity index (χ1) is 34.2. The average molecular weight is 917 g/mol. The standard InChI is InChI=1S/C61H36N6S2/c1-2-16-37(17-3-1)55-42-22-4-8-25-47(42)64-60(65-55)48-33-31-45-57(63-48)56-44(24-15-35-62-56)61(45)43-23-7-12-29-53(43)68-58-46(61)32-34-52-59(58)69-54-30-13-11-28-51(54)67(52)39-19-14-18-38(36-39)66-49-26-9-5-20-40(49)41-21-6-10-27-50(41)66/h1-36H. The summed E-state index contributed by atoms with van der Waals surface area (Å²) in [5.74, 6) is 0.584. The van der Waals surface area contributed by atoms with Crippen molar-refractivity contribution in [1.82, 2.24) is 24.5 Å². The van der Waals surface area contributed by atoms with Gasteiger partial charge in [-0.2, -0.15) is 0 Å². The molecule has 0 radical (unpaired) electrons. The molecule has 0 saturated carbocycles. The van der Waals surface area contributed by atoms with Crippen molar-refractivity contribution in [2.45, 2.75) is 25.0 Å². The first-order valence-corrected chi connectivity index (χ1v) is 24.8. The summed E-state index contributed by atoms with van der Waals surface area (Å²) in [6.45, 7) is 0. The van der Waals surface area contributed by atoms with Crippen LogP contribution in [-0.2, 0) is 5.41 Å². The van der Waals surface area contributed by atoms with Crippen molar-refractivity contribution in [1.29, 1.82) is 0 Å². The number of hydrogen-bond acceptors (Lipinski definition) is 7. The van der Waals surface area contributed by atoms with Gasteiger partial charge in [0.1, 0.15) is 5.69 Å². The second-order valence-electron chi connectivity index (χ2n) is 17.7. The monoisotopic (exact) mass is 916 g/mol. The zero-order chi connectivity index (χ0) is 45.2. The number of para-hydroxylation sites is 4. The van der Waals surface area contributed by atoms with Gasteiger partial charge < -0.3 is 9.47 Å². The molecule has 2 aliphatic heterocycles. The Bertz CT molecular complexity index is 4070. The lowest BCUT2D eigenvalue weighted by molar-refractivity contribution is 0.711. The normalized spacial score (nSPS) is 15.2. The molecule has 1 atom stereocenters. The molecule has 0 saturated heterocycles. The Kier molecular flexibility index (Phi) is 8.34. The number of aromatic nitrogens is 5. The first kappa shape index (κ1) is 38.8. The van der Waals surface area contributed by atoms with E-state index in [4.69, 9.17) is 19.9 Å². The molecule has 0 N–H and O–H groups in total. The van der Waals surface area contributed by atoms with Crippen LogP contribution in [-0.4, -0.2) is 24.5 Å². The highest BCUT2D eigenvalue weighted by Gasteiger charge is 2.52. The summed E-state index contributed by atoms with van der Waals surface area (Å²) in [4.78, 5) is 28.4. The summed E-state index contributed by atoms with van der Waals surface area (Å²) in [5, 5.41) is 3.50. The maximum atomic E-state index is 5.53. The molecule has 1 unspecified atom stereocenters. The van der Waals surface area contributed by atoms with Crippen LogP contribution in [0.5, 0.6) is 0 Å². The van der Waals surface area contributed by atoms with E-state index in [-0.39, 0.29) is 0 Å². The molecule has 1 spiro atoms. The zero-order valence-corrected chi connectivity index (χ0v) is 38.4. The fourth-order valence-corrected chi connectivity index (χ4v) is 13.8. The second kappa shape index (κ2) is 14.8. The van der Waals surface area contributed by atoms with Crippen molar-refractivity contribution in [3.05, 3.63) is 241 Å². The largest absolute Gasteiger partial charge is 0.309 e. The molecular weight excluding hydrogens is 881 g/mol. The van der Waals surface area contributed by atoms with Crippen LogP contribution < -0.4 is 4.90 Å². The van der Waals surface area contributed by atoms with Gasteiger partial charge in [-0.15, -0.1) is 0 Å². The maximum Gasteiger partial charge on any atom is 0.179 e. The van der Waals surface area contributed by atoms with Crippen molar-refractivity contribution in [3.63, 3.8) is 0 Å². The molecule has 69 heavy (non-hydrogen) atoms. The number of benzene rings is 8. The Balaban J connectivity index is 0.934. The van der Waals surface area contributed by atoms with Gasteiger partial charge in [-0.05, 0) is 95.1 Å².